The lowest BCUT2D eigenvalue weighted by Gasteiger charge is -2.12. The van der Waals surface area contributed by atoms with Crippen LogP contribution in [0.1, 0.15) is 16.5 Å². The van der Waals surface area contributed by atoms with Gasteiger partial charge in [-0.2, -0.15) is 0 Å². The van der Waals surface area contributed by atoms with Gasteiger partial charge in [0, 0.05) is 10.0 Å². The van der Waals surface area contributed by atoms with Crippen molar-refractivity contribution >= 4 is 43.5 Å². The summed E-state index contributed by atoms with van der Waals surface area (Å²) in [6.07, 6.45) is 0. The summed E-state index contributed by atoms with van der Waals surface area (Å²) in [5.74, 6) is -1.07. The Hall–Kier alpha value is -0.450. The lowest BCUT2D eigenvalue weighted by molar-refractivity contribution is 0.582. The summed E-state index contributed by atoms with van der Waals surface area (Å²) in [7, 11) is 0. The van der Waals surface area contributed by atoms with Gasteiger partial charge < -0.3 is 0 Å². The molecular formula is C13H7Br2ClF2. The van der Waals surface area contributed by atoms with Crippen molar-refractivity contribution in [3.63, 3.8) is 0 Å². The van der Waals surface area contributed by atoms with Gasteiger partial charge in [-0.3, -0.25) is 0 Å². The van der Waals surface area contributed by atoms with E-state index in [0.29, 0.717) is 5.56 Å². The van der Waals surface area contributed by atoms with E-state index >= 15 is 0 Å². The number of alkyl halides is 1. The number of rotatable bonds is 2. The number of halogens is 5. The molecule has 2 aromatic rings. The Morgan fingerprint density at radius 1 is 0.944 bits per heavy atom. The van der Waals surface area contributed by atoms with Gasteiger partial charge in [0.1, 0.15) is 11.6 Å². The summed E-state index contributed by atoms with van der Waals surface area (Å²) >= 11 is 12.4. The minimum absolute atomic E-state index is 0.0865. The second kappa shape index (κ2) is 5.68. The molecule has 2 aromatic carbocycles. The van der Waals surface area contributed by atoms with Crippen molar-refractivity contribution in [2.24, 2.45) is 0 Å². The third-order valence-electron chi connectivity index (χ3n) is 2.48. The molecule has 0 amide bonds. The maximum atomic E-state index is 13.8. The Morgan fingerprint density at radius 2 is 1.56 bits per heavy atom. The largest absolute Gasteiger partial charge is 0.207 e. The second-order valence-corrected chi connectivity index (χ2v) is 5.91. The van der Waals surface area contributed by atoms with E-state index in [1.165, 1.54) is 0 Å². The van der Waals surface area contributed by atoms with Gasteiger partial charge in [-0.05, 0) is 45.8 Å². The Labute approximate surface area is 125 Å². The van der Waals surface area contributed by atoms with Crippen molar-refractivity contribution in [3.05, 3.63) is 68.1 Å². The van der Waals surface area contributed by atoms with Gasteiger partial charge in [0.05, 0.1) is 9.85 Å². The Balaban J connectivity index is 2.42. The molecule has 0 fully saturated rings. The highest BCUT2D eigenvalue weighted by Crippen LogP contribution is 2.33. The van der Waals surface area contributed by atoms with Gasteiger partial charge >= 0.3 is 0 Å². The van der Waals surface area contributed by atoms with Gasteiger partial charge in [-0.25, -0.2) is 8.78 Å². The van der Waals surface area contributed by atoms with Crippen LogP contribution in [0.4, 0.5) is 8.78 Å². The molecule has 0 bridgehead atoms. The molecule has 0 radical (unpaired) electrons. The van der Waals surface area contributed by atoms with Crippen LogP contribution < -0.4 is 0 Å². The van der Waals surface area contributed by atoms with Gasteiger partial charge in [0.2, 0.25) is 0 Å². The van der Waals surface area contributed by atoms with Crippen LogP contribution in [0.2, 0.25) is 0 Å². The van der Waals surface area contributed by atoms with Crippen LogP contribution in [0, 0.1) is 11.6 Å². The molecule has 0 aliphatic carbocycles. The monoisotopic (exact) mass is 394 g/mol. The maximum Gasteiger partial charge on any atom is 0.137 e. The summed E-state index contributed by atoms with van der Waals surface area (Å²) in [6.45, 7) is 0. The third kappa shape index (κ3) is 2.92. The Morgan fingerprint density at radius 3 is 2.17 bits per heavy atom. The zero-order valence-electron chi connectivity index (χ0n) is 8.93. The van der Waals surface area contributed by atoms with Crippen LogP contribution >= 0.6 is 43.5 Å². The van der Waals surface area contributed by atoms with Crippen molar-refractivity contribution in [1.82, 2.24) is 0 Å². The van der Waals surface area contributed by atoms with E-state index < -0.39 is 17.0 Å². The number of hydrogen-bond donors (Lipinski definition) is 0. The average molecular weight is 396 g/mol. The predicted octanol–water partition coefficient (Wildman–Crippen LogP) is 5.82. The van der Waals surface area contributed by atoms with E-state index in [1.54, 1.807) is 24.3 Å². The van der Waals surface area contributed by atoms with Crippen LogP contribution in [-0.4, -0.2) is 0 Å². The molecule has 0 N–H and O–H groups in total. The van der Waals surface area contributed by atoms with Crippen LogP contribution in [0.25, 0.3) is 0 Å². The smallest absolute Gasteiger partial charge is 0.137 e. The number of hydrogen-bond acceptors (Lipinski definition) is 0. The normalized spacial score (nSPS) is 12.5. The van der Waals surface area contributed by atoms with Crippen LogP contribution in [0.5, 0.6) is 0 Å². The van der Waals surface area contributed by atoms with E-state index in [2.05, 4.69) is 31.9 Å². The van der Waals surface area contributed by atoms with Crippen molar-refractivity contribution in [1.29, 1.82) is 0 Å². The SMILES string of the molecule is Fc1cc(C(Cl)c2ccc(Br)cc2)c(F)cc1Br. The Kier molecular flexibility index (Phi) is 4.41. The standard InChI is InChI=1S/C13H7Br2ClF2/c14-8-3-1-7(2-4-8)13(16)9-5-12(18)10(15)6-11(9)17/h1-6,13H. The predicted molar refractivity (Wildman–Crippen MR) is 75.9 cm³/mol. The third-order valence-corrected chi connectivity index (χ3v) is 4.10. The van der Waals surface area contributed by atoms with Gasteiger partial charge in [-0.15, -0.1) is 11.6 Å². The molecule has 2 rings (SSSR count). The highest BCUT2D eigenvalue weighted by molar-refractivity contribution is 9.10. The second-order valence-electron chi connectivity index (χ2n) is 3.70. The highest BCUT2D eigenvalue weighted by Gasteiger charge is 2.17. The first-order valence-corrected chi connectivity index (χ1v) is 7.05. The van der Waals surface area contributed by atoms with Crippen molar-refractivity contribution in [2.75, 3.05) is 0 Å². The average Bonchev–Trinajstić information content (AvgIpc) is 2.34. The van der Waals surface area contributed by atoms with E-state index in [4.69, 9.17) is 11.6 Å². The van der Waals surface area contributed by atoms with Crippen molar-refractivity contribution in [3.8, 4) is 0 Å². The van der Waals surface area contributed by atoms with Gasteiger partial charge in [-0.1, -0.05) is 28.1 Å². The molecule has 5 heteroatoms. The van der Waals surface area contributed by atoms with Gasteiger partial charge in [0.25, 0.3) is 0 Å². The fourth-order valence-corrected chi connectivity index (χ4v) is 2.44. The molecular weight excluding hydrogens is 389 g/mol. The van der Waals surface area contributed by atoms with E-state index in [-0.39, 0.29) is 10.0 Å². The summed E-state index contributed by atoms with van der Waals surface area (Å²) in [6, 6.07) is 9.33. The van der Waals surface area contributed by atoms with E-state index in [1.807, 2.05) is 0 Å². The van der Waals surface area contributed by atoms with Crippen LogP contribution in [0.3, 0.4) is 0 Å². The molecule has 0 saturated heterocycles. The molecule has 0 aromatic heterocycles. The lowest BCUT2D eigenvalue weighted by Crippen LogP contribution is -1.98. The summed E-state index contributed by atoms with van der Waals surface area (Å²) < 4.78 is 28.2. The zero-order chi connectivity index (χ0) is 13.3. The highest BCUT2D eigenvalue weighted by atomic mass is 79.9. The summed E-state index contributed by atoms with van der Waals surface area (Å²) in [5.41, 5.74) is 0.833. The first kappa shape index (κ1) is 14.0. The lowest BCUT2D eigenvalue weighted by atomic mass is 10.0. The molecule has 0 aliphatic rings. The minimum Gasteiger partial charge on any atom is -0.207 e. The molecule has 94 valence electrons. The van der Waals surface area contributed by atoms with Crippen molar-refractivity contribution in [2.45, 2.75) is 5.38 Å². The molecule has 1 atom stereocenters. The first-order valence-electron chi connectivity index (χ1n) is 5.03. The number of benzene rings is 2. The fraction of sp³-hybridized carbons (Fsp3) is 0.0769. The van der Waals surface area contributed by atoms with E-state index in [9.17, 15) is 8.78 Å². The molecule has 0 heterocycles. The maximum absolute atomic E-state index is 13.8. The van der Waals surface area contributed by atoms with Crippen molar-refractivity contribution < 1.29 is 8.78 Å². The summed E-state index contributed by atoms with van der Waals surface area (Å²) in [4.78, 5) is 0. The van der Waals surface area contributed by atoms with E-state index in [0.717, 1.165) is 16.6 Å². The van der Waals surface area contributed by atoms with Crippen LogP contribution in [-0.2, 0) is 0 Å². The van der Waals surface area contributed by atoms with Crippen LogP contribution in [0.15, 0.2) is 45.3 Å². The molecule has 18 heavy (non-hydrogen) atoms. The minimum atomic E-state index is -0.722. The molecule has 0 aliphatic heterocycles. The quantitative estimate of drug-likeness (QED) is 0.443. The molecule has 0 saturated carbocycles. The Bertz CT molecular complexity index is 570. The fourth-order valence-electron chi connectivity index (χ4n) is 1.54. The molecule has 1 unspecified atom stereocenters. The zero-order valence-corrected chi connectivity index (χ0v) is 12.9. The van der Waals surface area contributed by atoms with Gasteiger partial charge in [0.15, 0.2) is 0 Å². The topological polar surface area (TPSA) is 0 Å². The summed E-state index contributed by atoms with van der Waals surface area (Å²) in [5, 5.41) is -0.722. The molecule has 0 spiro atoms. The first-order chi connectivity index (χ1) is 8.49. The molecule has 0 nitrogen and oxygen atoms in total.